The summed E-state index contributed by atoms with van der Waals surface area (Å²) >= 11 is 0. The summed E-state index contributed by atoms with van der Waals surface area (Å²) in [5, 5.41) is 25.2. The number of primary amides is 1. The minimum absolute atomic E-state index is 0.0172. The van der Waals surface area contributed by atoms with E-state index in [0.29, 0.717) is 30.5 Å². The van der Waals surface area contributed by atoms with E-state index in [-0.39, 0.29) is 38.1 Å². The molecule has 0 unspecified atom stereocenters. The van der Waals surface area contributed by atoms with E-state index < -0.39 is 59.0 Å². The molecule has 0 bridgehead atoms. The van der Waals surface area contributed by atoms with Crippen LogP contribution < -0.4 is 16.4 Å². The second kappa shape index (κ2) is 15.4. The van der Waals surface area contributed by atoms with Crippen LogP contribution in [0.15, 0.2) is 48.7 Å². The zero-order valence-electron chi connectivity index (χ0n) is 28.6. The average Bonchev–Trinajstić information content (AvgIpc) is 3.78. The van der Waals surface area contributed by atoms with Gasteiger partial charge < -0.3 is 26.4 Å². The van der Waals surface area contributed by atoms with Crippen molar-refractivity contribution < 1.29 is 33.9 Å². The standard InChI is InChI=1S/C37H45N7O7/c38-33(48)32(47)37(15-7-2-8-16-37)41-35(50)30-19-28(44-27(20-31(45)46)21-39-42-44)22-43(30)36(51)29(17-23-9-3-1-4-10-23)40-34(49)26-14-13-24-11-5-6-12-25(24)18-26/h5-6,11-14,18,21,23,28-30H,1-4,7-10,15-17,19-20,22H2,(H2,38,48)(H,40,49)(H,41,50)(H,45,46)/t28-,29+,30-/m0/s1. The molecule has 0 radical (unpaired) electrons. The fourth-order valence-corrected chi connectivity index (χ4v) is 8.21. The summed E-state index contributed by atoms with van der Waals surface area (Å²) < 4.78 is 1.43. The third-order valence-electron chi connectivity index (χ3n) is 10.8. The fraction of sp³-hybridized carbons (Fsp3) is 0.514. The van der Waals surface area contributed by atoms with Crippen molar-refractivity contribution in [3.8, 4) is 0 Å². The minimum atomic E-state index is -1.48. The number of nitrogens with two attached hydrogens (primary N) is 1. The van der Waals surface area contributed by atoms with E-state index in [2.05, 4.69) is 20.9 Å². The number of rotatable bonds is 12. The Morgan fingerprint density at radius 3 is 2.35 bits per heavy atom. The number of carbonyl (C=O) groups is 6. The van der Waals surface area contributed by atoms with Crippen LogP contribution in [-0.4, -0.2) is 84.5 Å². The van der Waals surface area contributed by atoms with Gasteiger partial charge in [-0.25, -0.2) is 4.68 Å². The van der Waals surface area contributed by atoms with Gasteiger partial charge >= 0.3 is 5.97 Å². The summed E-state index contributed by atoms with van der Waals surface area (Å²) in [5.74, 6) is -4.42. The highest BCUT2D eigenvalue weighted by molar-refractivity contribution is 6.39. The first-order chi connectivity index (χ1) is 24.5. The number of fused-ring (bicyclic) bond motifs is 1. The number of nitrogens with zero attached hydrogens (tertiary/aromatic N) is 4. The predicted molar refractivity (Wildman–Crippen MR) is 185 cm³/mol. The molecule has 0 spiro atoms. The lowest BCUT2D eigenvalue weighted by molar-refractivity contribution is -0.145. The van der Waals surface area contributed by atoms with Crippen LogP contribution in [0.4, 0.5) is 0 Å². The molecule has 4 amide bonds. The van der Waals surface area contributed by atoms with Gasteiger partial charge in [0.05, 0.1) is 24.4 Å². The Bertz CT molecular complexity index is 1810. The molecule has 1 aromatic heterocycles. The van der Waals surface area contributed by atoms with Crippen molar-refractivity contribution in [2.24, 2.45) is 11.7 Å². The third-order valence-corrected chi connectivity index (χ3v) is 10.8. The van der Waals surface area contributed by atoms with E-state index >= 15 is 0 Å². The molecule has 3 fully saturated rings. The van der Waals surface area contributed by atoms with Gasteiger partial charge in [0.15, 0.2) is 0 Å². The van der Waals surface area contributed by atoms with E-state index in [1.165, 1.54) is 15.8 Å². The van der Waals surface area contributed by atoms with Gasteiger partial charge in [0, 0.05) is 18.5 Å². The SMILES string of the molecule is NC(=O)C(=O)C1(NC(=O)[C@@H]2C[C@H](n3nncc3CC(=O)O)CN2C(=O)[C@@H](CC2CCCCC2)NC(=O)c2ccc3ccccc3c2)CCCCC1. The lowest BCUT2D eigenvalue weighted by Crippen LogP contribution is -2.62. The Morgan fingerprint density at radius 2 is 1.65 bits per heavy atom. The molecule has 1 aliphatic heterocycles. The molecule has 51 heavy (non-hydrogen) atoms. The van der Waals surface area contributed by atoms with Gasteiger partial charge in [-0.05, 0) is 48.1 Å². The summed E-state index contributed by atoms with van der Waals surface area (Å²) in [6, 6.07) is 10.3. The van der Waals surface area contributed by atoms with Crippen molar-refractivity contribution in [3.05, 3.63) is 59.9 Å². The van der Waals surface area contributed by atoms with Gasteiger partial charge in [0.25, 0.3) is 11.8 Å². The molecular weight excluding hydrogens is 654 g/mol. The molecule has 3 aliphatic rings. The van der Waals surface area contributed by atoms with Crippen molar-refractivity contribution in [1.82, 2.24) is 30.5 Å². The highest BCUT2D eigenvalue weighted by atomic mass is 16.4. The fourth-order valence-electron chi connectivity index (χ4n) is 8.21. The molecule has 2 saturated carbocycles. The lowest BCUT2D eigenvalue weighted by atomic mass is 9.78. The first-order valence-electron chi connectivity index (χ1n) is 17.9. The summed E-state index contributed by atoms with van der Waals surface area (Å²) in [5.41, 5.74) is 4.66. The lowest BCUT2D eigenvalue weighted by Gasteiger charge is -2.38. The molecule has 14 heteroatoms. The highest BCUT2D eigenvalue weighted by Crippen LogP contribution is 2.34. The molecule has 14 nitrogen and oxygen atoms in total. The van der Waals surface area contributed by atoms with Gasteiger partial charge in [-0.1, -0.05) is 86.9 Å². The first-order valence-corrected chi connectivity index (χ1v) is 17.9. The Balaban J connectivity index is 1.32. The largest absolute Gasteiger partial charge is 0.481 e. The van der Waals surface area contributed by atoms with Crippen LogP contribution in [0.5, 0.6) is 0 Å². The van der Waals surface area contributed by atoms with Crippen molar-refractivity contribution >= 4 is 46.2 Å². The van der Waals surface area contributed by atoms with Crippen LogP contribution in [0.25, 0.3) is 10.8 Å². The van der Waals surface area contributed by atoms with Gasteiger partial charge in [-0.15, -0.1) is 5.10 Å². The van der Waals surface area contributed by atoms with Crippen LogP contribution in [0, 0.1) is 5.92 Å². The molecule has 2 aromatic carbocycles. The molecule has 6 rings (SSSR count). The van der Waals surface area contributed by atoms with Gasteiger partial charge in [0.2, 0.25) is 17.6 Å². The number of aromatic nitrogens is 3. The summed E-state index contributed by atoms with van der Waals surface area (Å²) in [4.78, 5) is 81.2. The van der Waals surface area contributed by atoms with Crippen molar-refractivity contribution in [2.45, 2.75) is 107 Å². The second-order valence-corrected chi connectivity index (χ2v) is 14.3. The summed E-state index contributed by atoms with van der Waals surface area (Å²) in [6.07, 6.45) is 8.91. The second-order valence-electron chi connectivity index (χ2n) is 14.3. The Morgan fingerprint density at radius 1 is 0.941 bits per heavy atom. The molecule has 3 aromatic rings. The van der Waals surface area contributed by atoms with Crippen molar-refractivity contribution in [2.75, 3.05) is 6.54 Å². The maximum atomic E-state index is 14.8. The van der Waals surface area contributed by atoms with Crippen LogP contribution in [0.2, 0.25) is 0 Å². The molecule has 2 heterocycles. The van der Waals surface area contributed by atoms with Crippen LogP contribution in [0.1, 0.15) is 99.1 Å². The molecule has 3 atom stereocenters. The number of carbonyl (C=O) groups excluding carboxylic acids is 5. The monoisotopic (exact) mass is 699 g/mol. The number of benzene rings is 2. The van der Waals surface area contributed by atoms with Crippen LogP contribution >= 0.6 is 0 Å². The van der Waals surface area contributed by atoms with Crippen LogP contribution in [0.3, 0.4) is 0 Å². The van der Waals surface area contributed by atoms with Crippen molar-refractivity contribution in [3.63, 3.8) is 0 Å². The van der Waals surface area contributed by atoms with Gasteiger partial charge in [0.1, 0.15) is 17.6 Å². The highest BCUT2D eigenvalue weighted by Gasteiger charge is 2.49. The zero-order chi connectivity index (χ0) is 36.1. The summed E-state index contributed by atoms with van der Waals surface area (Å²) in [7, 11) is 0. The van der Waals surface area contributed by atoms with Gasteiger partial charge in [-0.3, -0.25) is 28.8 Å². The maximum absolute atomic E-state index is 14.8. The Labute approximate surface area is 295 Å². The smallest absolute Gasteiger partial charge is 0.309 e. The third kappa shape index (κ3) is 7.94. The Kier molecular flexibility index (Phi) is 10.8. The number of hydrogen-bond donors (Lipinski definition) is 4. The minimum Gasteiger partial charge on any atom is -0.481 e. The molecular formula is C37H45N7O7. The summed E-state index contributed by atoms with van der Waals surface area (Å²) in [6.45, 7) is -0.0172. The van der Waals surface area contributed by atoms with E-state index in [1.54, 1.807) is 12.1 Å². The van der Waals surface area contributed by atoms with E-state index in [9.17, 15) is 33.9 Å². The number of ketones is 1. The zero-order valence-corrected chi connectivity index (χ0v) is 28.6. The van der Waals surface area contributed by atoms with Gasteiger partial charge in [-0.2, -0.15) is 0 Å². The Hall–Kier alpha value is -5.14. The maximum Gasteiger partial charge on any atom is 0.309 e. The number of likely N-dealkylation sites (tertiary alicyclic amines) is 1. The van der Waals surface area contributed by atoms with E-state index in [4.69, 9.17) is 5.73 Å². The topological polar surface area (TPSA) is 207 Å². The number of carboxylic acid groups (broad SMARTS) is 1. The predicted octanol–water partition coefficient (Wildman–Crippen LogP) is 2.84. The average molecular weight is 700 g/mol. The molecule has 270 valence electrons. The van der Waals surface area contributed by atoms with Crippen molar-refractivity contribution in [1.29, 1.82) is 0 Å². The number of carboxylic acids is 1. The number of amides is 4. The number of Topliss-reactive ketones (excluding diaryl/α,β-unsaturated/α-hetero) is 1. The normalized spacial score (nSPS) is 21.1. The molecule has 1 saturated heterocycles. The molecule has 5 N–H and O–H groups in total. The van der Waals surface area contributed by atoms with E-state index in [1.807, 2.05) is 30.3 Å². The first kappa shape index (κ1) is 35.7. The number of aliphatic carboxylic acids is 1. The van der Waals surface area contributed by atoms with Crippen LogP contribution in [-0.2, 0) is 30.4 Å². The number of nitrogens with one attached hydrogen (secondary N) is 2. The quantitative estimate of drug-likeness (QED) is 0.205. The molecule has 2 aliphatic carbocycles. The van der Waals surface area contributed by atoms with E-state index in [0.717, 1.165) is 49.3 Å². The number of hydrogen-bond acceptors (Lipinski definition) is 8.